The minimum atomic E-state index is 0.277. The highest BCUT2D eigenvalue weighted by Crippen LogP contribution is 2.58. The molecule has 2 fully saturated rings. The molecule has 4 aromatic rings. The van der Waals surface area contributed by atoms with Crippen LogP contribution in [0.4, 0.5) is 0 Å². The van der Waals surface area contributed by atoms with E-state index in [1.807, 2.05) is 15.9 Å². The van der Waals surface area contributed by atoms with Gasteiger partial charge in [0, 0.05) is 35.1 Å². The van der Waals surface area contributed by atoms with Gasteiger partial charge in [-0.05, 0) is 73.6 Å². The summed E-state index contributed by atoms with van der Waals surface area (Å²) >= 11 is 1.95. The summed E-state index contributed by atoms with van der Waals surface area (Å²) in [4.78, 5) is 24.7. The molecule has 1 aliphatic carbocycles. The molecule has 1 N–H and O–H groups in total. The first-order chi connectivity index (χ1) is 15.7. The highest BCUT2D eigenvalue weighted by Gasteiger charge is 2.53. The molecule has 1 spiro atoms. The Kier molecular flexibility index (Phi) is 4.62. The lowest BCUT2D eigenvalue weighted by Crippen LogP contribution is -2.62. The number of aromatic amines is 1. The number of thiophene rings is 1. The number of carbonyl (C=O) groups excluding carboxylic acids is 1. The van der Waals surface area contributed by atoms with Crippen molar-refractivity contribution < 1.29 is 4.79 Å². The Balaban J connectivity index is 1.33. The van der Waals surface area contributed by atoms with Crippen molar-refractivity contribution in [2.45, 2.75) is 59.3 Å². The second-order valence-electron chi connectivity index (χ2n) is 10.8. The first kappa shape index (κ1) is 21.1. The highest BCUT2D eigenvalue weighted by molar-refractivity contribution is 7.19. The van der Waals surface area contributed by atoms with Gasteiger partial charge in [0.25, 0.3) is 0 Å². The molecule has 0 amide bonds. The molecule has 0 bridgehead atoms. The van der Waals surface area contributed by atoms with Crippen LogP contribution in [0.2, 0.25) is 0 Å². The van der Waals surface area contributed by atoms with E-state index in [2.05, 4.69) is 59.9 Å². The van der Waals surface area contributed by atoms with Crippen molar-refractivity contribution in [3.05, 3.63) is 40.2 Å². The van der Waals surface area contributed by atoms with E-state index < -0.39 is 0 Å². The molecule has 5 heterocycles. The number of Topliss-reactive ketones (excluding diaryl/α,β-unsaturated/α-hetero) is 1. The predicted octanol–water partition coefficient (Wildman–Crippen LogP) is 5.45. The largest absolute Gasteiger partial charge is 0.346 e. The Hall–Kier alpha value is -2.51. The fraction of sp³-hybridized carbons (Fsp3) is 0.500. The number of hydrogen-bond acceptors (Lipinski definition) is 5. The molecular formula is C26H31N5OS. The number of nitrogens with zero attached hydrogens (tertiary/aromatic N) is 4. The number of aromatic nitrogens is 4. The van der Waals surface area contributed by atoms with Crippen molar-refractivity contribution in [3.8, 4) is 11.3 Å². The topological polar surface area (TPSA) is 66.3 Å². The first-order valence-electron chi connectivity index (χ1n) is 11.9. The van der Waals surface area contributed by atoms with Crippen molar-refractivity contribution in [1.82, 2.24) is 24.5 Å². The summed E-state index contributed by atoms with van der Waals surface area (Å²) in [6.07, 6.45) is 6.23. The zero-order valence-electron chi connectivity index (χ0n) is 20.0. The third-order valence-electron chi connectivity index (χ3n) is 7.68. The number of H-pyrrole nitrogens is 1. The molecule has 1 saturated heterocycles. The van der Waals surface area contributed by atoms with Gasteiger partial charge in [0.15, 0.2) is 5.65 Å². The Bertz CT molecular complexity index is 1390. The maximum Gasteiger partial charge on any atom is 0.158 e. The number of fused-ring (bicyclic) bond motifs is 2. The maximum atomic E-state index is 11.4. The normalized spacial score (nSPS) is 18.5. The van der Waals surface area contributed by atoms with Crippen molar-refractivity contribution in [3.63, 3.8) is 0 Å². The first-order valence-corrected chi connectivity index (χ1v) is 12.7. The zero-order valence-corrected chi connectivity index (χ0v) is 20.8. The van der Waals surface area contributed by atoms with Crippen LogP contribution in [0.3, 0.4) is 0 Å². The van der Waals surface area contributed by atoms with E-state index in [0.717, 1.165) is 24.3 Å². The minimum absolute atomic E-state index is 0.277. The van der Waals surface area contributed by atoms with Crippen LogP contribution < -0.4 is 0 Å². The van der Waals surface area contributed by atoms with Gasteiger partial charge >= 0.3 is 0 Å². The quantitative estimate of drug-likeness (QED) is 0.429. The van der Waals surface area contributed by atoms with Crippen molar-refractivity contribution in [2.24, 2.45) is 5.41 Å². The van der Waals surface area contributed by atoms with Crippen molar-refractivity contribution in [1.29, 1.82) is 0 Å². The molecule has 1 aliphatic heterocycles. The number of pyridine rings is 1. The van der Waals surface area contributed by atoms with Crippen LogP contribution in [0.1, 0.15) is 67.0 Å². The average Bonchev–Trinajstić information content (AvgIpc) is 3.37. The van der Waals surface area contributed by atoms with Crippen LogP contribution in [0, 0.1) is 19.3 Å². The number of likely N-dealkylation sites (tertiary alicyclic amines) is 1. The summed E-state index contributed by atoms with van der Waals surface area (Å²) in [7, 11) is 0. The van der Waals surface area contributed by atoms with Crippen LogP contribution in [0.15, 0.2) is 18.6 Å². The van der Waals surface area contributed by atoms with Crippen LogP contribution in [0.25, 0.3) is 27.1 Å². The average molecular weight is 462 g/mol. The summed E-state index contributed by atoms with van der Waals surface area (Å²) in [5, 5.41) is 5.80. The summed E-state index contributed by atoms with van der Waals surface area (Å²) in [5.74, 6) is 1.35. The summed E-state index contributed by atoms with van der Waals surface area (Å²) in [5.41, 5.74) is 7.75. The molecular weight excluding hydrogens is 430 g/mol. The summed E-state index contributed by atoms with van der Waals surface area (Å²) < 4.78 is 1.88. The molecule has 1 saturated carbocycles. The highest BCUT2D eigenvalue weighted by atomic mass is 32.1. The van der Waals surface area contributed by atoms with E-state index in [1.165, 1.54) is 45.4 Å². The van der Waals surface area contributed by atoms with Gasteiger partial charge in [-0.25, -0.2) is 9.50 Å². The van der Waals surface area contributed by atoms with Crippen LogP contribution in [-0.2, 0) is 4.79 Å². The summed E-state index contributed by atoms with van der Waals surface area (Å²) in [6, 6.07) is 2.22. The Labute approximate surface area is 198 Å². The van der Waals surface area contributed by atoms with Gasteiger partial charge in [-0.15, -0.1) is 11.3 Å². The Morgan fingerprint density at radius 3 is 2.76 bits per heavy atom. The second-order valence-corrected chi connectivity index (χ2v) is 11.8. The lowest BCUT2D eigenvalue weighted by Gasteiger charge is -2.59. The second kappa shape index (κ2) is 7.24. The standard InChI is InChI=1S/C26H31N5OS/c1-14(2)20-21-17(5)23(19-7-26(8-19)11-30(12-26)9-16(4)32)33-25(21)29-22(20)18-6-15(3)24-27-13-28-31(24)10-18/h6,10,13-14,19,29H,7-9,11-12H2,1-5H3. The number of carbonyl (C=O) groups is 1. The molecule has 33 heavy (non-hydrogen) atoms. The Morgan fingerprint density at radius 2 is 2.06 bits per heavy atom. The smallest absolute Gasteiger partial charge is 0.158 e. The molecule has 0 atom stereocenters. The van der Waals surface area contributed by atoms with Gasteiger partial charge in [-0.1, -0.05) is 13.8 Å². The zero-order chi connectivity index (χ0) is 23.1. The molecule has 0 unspecified atom stereocenters. The number of nitrogens with one attached hydrogen (secondary N) is 1. The minimum Gasteiger partial charge on any atom is -0.346 e. The third kappa shape index (κ3) is 3.20. The van der Waals surface area contributed by atoms with E-state index in [9.17, 15) is 4.79 Å². The Morgan fingerprint density at radius 1 is 1.30 bits per heavy atom. The van der Waals surface area contributed by atoms with E-state index in [-0.39, 0.29) is 5.78 Å². The van der Waals surface area contributed by atoms with Gasteiger partial charge in [-0.3, -0.25) is 9.69 Å². The van der Waals surface area contributed by atoms with E-state index in [1.54, 1.807) is 18.1 Å². The van der Waals surface area contributed by atoms with E-state index in [4.69, 9.17) is 0 Å². The molecule has 0 aromatic carbocycles. The van der Waals surface area contributed by atoms with Gasteiger partial charge in [-0.2, -0.15) is 5.10 Å². The lowest BCUT2D eigenvalue weighted by molar-refractivity contribution is -0.125. The molecule has 6 rings (SSSR count). The molecule has 6 nitrogen and oxygen atoms in total. The molecule has 2 aliphatic rings. The number of ketones is 1. The van der Waals surface area contributed by atoms with Gasteiger partial charge in [0.2, 0.25) is 0 Å². The third-order valence-corrected chi connectivity index (χ3v) is 9.05. The SMILES string of the molecule is CC(=O)CN1CC2(CC(c3sc4[nH]c(-c5cc(C)c6ncnn6c5)c(C(C)C)c4c3C)C2)C1. The van der Waals surface area contributed by atoms with Gasteiger partial charge < -0.3 is 4.98 Å². The fourth-order valence-corrected chi connectivity index (χ4v) is 7.76. The van der Waals surface area contributed by atoms with Crippen LogP contribution >= 0.6 is 11.3 Å². The van der Waals surface area contributed by atoms with Crippen LogP contribution in [-0.4, -0.2) is 49.9 Å². The number of aryl methyl sites for hydroxylation is 2. The number of hydrogen-bond donors (Lipinski definition) is 1. The maximum absolute atomic E-state index is 11.4. The molecule has 7 heteroatoms. The molecule has 4 aromatic heterocycles. The van der Waals surface area contributed by atoms with Crippen molar-refractivity contribution in [2.75, 3.05) is 19.6 Å². The van der Waals surface area contributed by atoms with Crippen molar-refractivity contribution >= 4 is 33.0 Å². The summed E-state index contributed by atoms with van der Waals surface area (Å²) in [6.45, 7) is 13.5. The fourth-order valence-electron chi connectivity index (χ4n) is 6.43. The monoisotopic (exact) mass is 461 g/mol. The van der Waals surface area contributed by atoms with Gasteiger partial charge in [0.05, 0.1) is 12.2 Å². The number of rotatable bonds is 5. The van der Waals surface area contributed by atoms with Gasteiger partial charge in [0.1, 0.15) is 16.9 Å². The predicted molar refractivity (Wildman–Crippen MR) is 133 cm³/mol. The molecule has 172 valence electrons. The van der Waals surface area contributed by atoms with E-state index in [0.29, 0.717) is 23.8 Å². The lowest BCUT2D eigenvalue weighted by atomic mass is 9.57. The van der Waals surface area contributed by atoms with Crippen LogP contribution in [0.5, 0.6) is 0 Å². The molecule has 0 radical (unpaired) electrons. The van der Waals surface area contributed by atoms with E-state index >= 15 is 0 Å².